The Hall–Kier alpha value is -3.35. The maximum Gasteiger partial charge on any atom is 0.407 e. The molecule has 33 heavy (non-hydrogen) atoms. The van der Waals surface area contributed by atoms with Gasteiger partial charge >= 0.3 is 12.1 Å². The van der Waals surface area contributed by atoms with Gasteiger partial charge < -0.3 is 20.5 Å². The van der Waals surface area contributed by atoms with Gasteiger partial charge in [-0.25, -0.2) is 4.79 Å². The molecule has 2 atom stereocenters. The summed E-state index contributed by atoms with van der Waals surface area (Å²) in [6.45, 7) is 5.94. The summed E-state index contributed by atoms with van der Waals surface area (Å²) in [6.07, 6.45) is -0.0980. The van der Waals surface area contributed by atoms with Crippen LogP contribution < -0.4 is 10.6 Å². The van der Waals surface area contributed by atoms with Crippen molar-refractivity contribution >= 4 is 18.0 Å². The van der Waals surface area contributed by atoms with Gasteiger partial charge in [0.2, 0.25) is 5.91 Å². The first kappa shape index (κ1) is 24.3. The Morgan fingerprint density at radius 2 is 1.55 bits per heavy atom. The van der Waals surface area contributed by atoms with E-state index in [-0.39, 0.29) is 37.3 Å². The Labute approximate surface area is 194 Å². The zero-order valence-corrected chi connectivity index (χ0v) is 19.3. The summed E-state index contributed by atoms with van der Waals surface area (Å²) >= 11 is 0. The molecule has 0 heterocycles. The molecule has 0 bridgehead atoms. The summed E-state index contributed by atoms with van der Waals surface area (Å²) in [5, 5.41) is 14.5. The fourth-order valence-electron chi connectivity index (χ4n) is 4.07. The number of alkyl carbamates (subject to hydrolysis) is 1. The van der Waals surface area contributed by atoms with Crippen LogP contribution in [0.1, 0.15) is 50.7 Å². The van der Waals surface area contributed by atoms with Gasteiger partial charge in [-0.3, -0.25) is 9.59 Å². The second kappa shape index (κ2) is 11.0. The number of carbonyl (C=O) groups is 3. The van der Waals surface area contributed by atoms with E-state index in [1.165, 1.54) is 0 Å². The summed E-state index contributed by atoms with van der Waals surface area (Å²) in [6, 6.07) is 15.9. The molecule has 0 saturated carbocycles. The van der Waals surface area contributed by atoms with Crippen molar-refractivity contribution < 1.29 is 24.2 Å². The third-order valence-corrected chi connectivity index (χ3v) is 6.18. The minimum absolute atomic E-state index is 0.0224. The van der Waals surface area contributed by atoms with Crippen LogP contribution >= 0.6 is 0 Å². The summed E-state index contributed by atoms with van der Waals surface area (Å²) < 4.78 is 5.59. The van der Waals surface area contributed by atoms with Gasteiger partial charge in [-0.05, 0) is 34.6 Å². The molecule has 1 aliphatic carbocycles. The topological polar surface area (TPSA) is 105 Å². The number of hydrogen-bond acceptors (Lipinski definition) is 4. The Balaban J connectivity index is 1.53. The maximum absolute atomic E-state index is 12.6. The lowest BCUT2D eigenvalue weighted by atomic mass is 9.98. The molecule has 1 aliphatic rings. The fourth-order valence-corrected chi connectivity index (χ4v) is 4.07. The van der Waals surface area contributed by atoms with Crippen molar-refractivity contribution in [2.75, 3.05) is 13.2 Å². The number of amides is 2. The van der Waals surface area contributed by atoms with Crippen molar-refractivity contribution in [3.05, 3.63) is 59.7 Å². The van der Waals surface area contributed by atoms with Crippen LogP contribution in [0.15, 0.2) is 48.5 Å². The van der Waals surface area contributed by atoms with Gasteiger partial charge in [0.1, 0.15) is 6.61 Å². The summed E-state index contributed by atoms with van der Waals surface area (Å²) in [4.78, 5) is 35.7. The van der Waals surface area contributed by atoms with Crippen LogP contribution in [0, 0.1) is 11.8 Å². The largest absolute Gasteiger partial charge is 0.481 e. The number of carboxylic acids is 1. The average Bonchev–Trinajstić information content (AvgIpc) is 3.10. The quantitative estimate of drug-likeness (QED) is 0.502. The lowest BCUT2D eigenvalue weighted by Gasteiger charge is -2.22. The van der Waals surface area contributed by atoms with E-state index in [9.17, 15) is 14.4 Å². The Morgan fingerprint density at radius 3 is 2.09 bits per heavy atom. The molecule has 0 spiro atoms. The summed E-state index contributed by atoms with van der Waals surface area (Å²) in [5.74, 6) is -1.65. The number of carbonyl (C=O) groups excluding carboxylic acids is 2. The van der Waals surface area contributed by atoms with Gasteiger partial charge in [-0.2, -0.15) is 0 Å². The van der Waals surface area contributed by atoms with Gasteiger partial charge in [0, 0.05) is 24.9 Å². The molecule has 0 aliphatic heterocycles. The number of rotatable bonds is 10. The standard InChI is InChI=1S/C26H32N2O5/c1-16(2)23(14-24(29)27-13-12-17(3)25(30)31)28-26(32)33-15-22-20-10-6-4-8-18(20)19-9-5-7-11-21(19)22/h4-11,16-17,22-23H,12-15H2,1-3H3,(H,27,29)(H,28,32)(H,30,31). The molecule has 0 radical (unpaired) electrons. The third kappa shape index (κ3) is 6.12. The third-order valence-electron chi connectivity index (χ3n) is 6.18. The minimum Gasteiger partial charge on any atom is -0.481 e. The smallest absolute Gasteiger partial charge is 0.407 e. The Bertz CT molecular complexity index is 958. The molecule has 2 aromatic carbocycles. The highest BCUT2D eigenvalue weighted by Gasteiger charge is 2.29. The molecule has 0 aromatic heterocycles. The van der Waals surface area contributed by atoms with Crippen molar-refractivity contribution in [3.8, 4) is 11.1 Å². The Morgan fingerprint density at radius 1 is 0.970 bits per heavy atom. The maximum atomic E-state index is 12.6. The number of benzene rings is 2. The average molecular weight is 453 g/mol. The number of nitrogens with one attached hydrogen (secondary N) is 2. The number of aliphatic carboxylic acids is 1. The van der Waals surface area contributed by atoms with E-state index in [1.54, 1.807) is 6.92 Å². The zero-order chi connectivity index (χ0) is 24.0. The molecule has 0 saturated heterocycles. The number of ether oxygens (including phenoxy) is 1. The first-order chi connectivity index (χ1) is 15.8. The summed E-state index contributed by atoms with van der Waals surface area (Å²) in [5.41, 5.74) is 4.61. The fraction of sp³-hybridized carbons (Fsp3) is 0.423. The van der Waals surface area contributed by atoms with Crippen LogP contribution in [0.5, 0.6) is 0 Å². The van der Waals surface area contributed by atoms with Gasteiger partial charge in [-0.15, -0.1) is 0 Å². The lowest BCUT2D eigenvalue weighted by molar-refractivity contribution is -0.141. The highest BCUT2D eigenvalue weighted by Crippen LogP contribution is 2.44. The lowest BCUT2D eigenvalue weighted by Crippen LogP contribution is -2.43. The van der Waals surface area contributed by atoms with Crippen molar-refractivity contribution in [3.63, 3.8) is 0 Å². The number of hydrogen-bond donors (Lipinski definition) is 3. The van der Waals surface area contributed by atoms with Gasteiger partial charge in [0.25, 0.3) is 0 Å². The molecule has 0 fully saturated rings. The van der Waals surface area contributed by atoms with Crippen molar-refractivity contribution in [1.29, 1.82) is 0 Å². The SMILES string of the molecule is CC(CCNC(=O)CC(NC(=O)OCC1c2ccccc2-c2ccccc21)C(C)C)C(=O)O. The minimum atomic E-state index is -0.888. The van der Waals surface area contributed by atoms with Crippen molar-refractivity contribution in [2.24, 2.45) is 11.8 Å². The monoisotopic (exact) mass is 452 g/mol. The van der Waals surface area contributed by atoms with Crippen LogP contribution in [0.3, 0.4) is 0 Å². The highest BCUT2D eigenvalue weighted by molar-refractivity contribution is 5.79. The van der Waals surface area contributed by atoms with Crippen LogP contribution in [0.2, 0.25) is 0 Å². The van der Waals surface area contributed by atoms with Crippen LogP contribution in [0.25, 0.3) is 11.1 Å². The van der Waals surface area contributed by atoms with Crippen molar-refractivity contribution in [2.45, 2.75) is 45.6 Å². The zero-order valence-electron chi connectivity index (χ0n) is 19.3. The van der Waals surface area contributed by atoms with Crippen LogP contribution in [-0.2, 0) is 14.3 Å². The van der Waals surface area contributed by atoms with E-state index in [2.05, 4.69) is 34.9 Å². The van der Waals surface area contributed by atoms with Gasteiger partial charge in [-0.1, -0.05) is 69.3 Å². The predicted molar refractivity (Wildman–Crippen MR) is 126 cm³/mol. The van der Waals surface area contributed by atoms with E-state index in [0.717, 1.165) is 22.3 Å². The molecule has 7 heteroatoms. The van der Waals surface area contributed by atoms with E-state index >= 15 is 0 Å². The molecular formula is C26H32N2O5. The van der Waals surface area contributed by atoms with E-state index in [0.29, 0.717) is 6.42 Å². The molecule has 2 unspecified atom stereocenters. The van der Waals surface area contributed by atoms with Crippen LogP contribution in [0.4, 0.5) is 4.79 Å². The molecule has 7 nitrogen and oxygen atoms in total. The number of fused-ring (bicyclic) bond motifs is 3. The highest BCUT2D eigenvalue weighted by atomic mass is 16.5. The first-order valence-corrected chi connectivity index (χ1v) is 11.4. The van der Waals surface area contributed by atoms with Crippen molar-refractivity contribution in [1.82, 2.24) is 10.6 Å². The summed E-state index contributed by atoms with van der Waals surface area (Å²) in [7, 11) is 0. The molecular weight excluding hydrogens is 420 g/mol. The second-order valence-electron chi connectivity index (χ2n) is 8.90. The van der Waals surface area contributed by atoms with E-state index in [4.69, 9.17) is 9.84 Å². The van der Waals surface area contributed by atoms with Gasteiger partial charge in [0.05, 0.1) is 5.92 Å². The normalized spacial score (nSPS) is 14.2. The second-order valence-corrected chi connectivity index (χ2v) is 8.90. The number of carboxylic acid groups (broad SMARTS) is 1. The van der Waals surface area contributed by atoms with E-state index in [1.807, 2.05) is 38.1 Å². The molecule has 3 rings (SSSR count). The van der Waals surface area contributed by atoms with E-state index < -0.39 is 24.0 Å². The predicted octanol–water partition coefficient (Wildman–Crippen LogP) is 4.17. The molecule has 3 N–H and O–H groups in total. The molecule has 2 aromatic rings. The molecule has 2 amide bonds. The molecule has 176 valence electrons. The Kier molecular flexibility index (Phi) is 8.09. The first-order valence-electron chi connectivity index (χ1n) is 11.4. The van der Waals surface area contributed by atoms with Gasteiger partial charge in [0.15, 0.2) is 0 Å². The van der Waals surface area contributed by atoms with Crippen LogP contribution in [-0.4, -0.2) is 42.3 Å².